The largest absolute Gasteiger partial charge is 0.341 e. The Morgan fingerprint density at radius 1 is 1.75 bits per heavy atom. The lowest BCUT2D eigenvalue weighted by Crippen LogP contribution is -2.26. The Morgan fingerprint density at radius 2 is 2.58 bits per heavy atom. The average molecular weight is 166 g/mol. The minimum atomic E-state index is 0.315. The van der Waals surface area contributed by atoms with E-state index in [1.807, 2.05) is 13.1 Å². The molecule has 3 N–H and O–H groups in total. The molecule has 0 spiro atoms. The van der Waals surface area contributed by atoms with Gasteiger partial charge in [-0.05, 0) is 13.3 Å². The minimum absolute atomic E-state index is 0.315. The first-order valence-corrected chi connectivity index (χ1v) is 4.28. The van der Waals surface area contributed by atoms with E-state index in [2.05, 4.69) is 14.9 Å². The number of nitrogens with two attached hydrogens (primary N) is 1. The van der Waals surface area contributed by atoms with E-state index in [0.717, 1.165) is 31.2 Å². The van der Waals surface area contributed by atoms with Crippen molar-refractivity contribution in [2.24, 2.45) is 5.73 Å². The van der Waals surface area contributed by atoms with Gasteiger partial charge in [0.25, 0.3) is 0 Å². The highest BCUT2D eigenvalue weighted by atomic mass is 15.3. The summed E-state index contributed by atoms with van der Waals surface area (Å²) < 4.78 is 0. The Bertz CT molecular complexity index is 268. The van der Waals surface area contributed by atoms with Gasteiger partial charge >= 0.3 is 0 Å². The summed E-state index contributed by atoms with van der Waals surface area (Å²) in [5.41, 5.74) is 6.89. The van der Waals surface area contributed by atoms with Crippen molar-refractivity contribution >= 4 is 5.95 Å². The molecule has 66 valence electrons. The highest BCUT2D eigenvalue weighted by Crippen LogP contribution is 2.15. The van der Waals surface area contributed by atoms with Crippen molar-refractivity contribution in [3.05, 3.63) is 11.9 Å². The zero-order chi connectivity index (χ0) is 8.55. The fourth-order valence-electron chi connectivity index (χ4n) is 1.54. The van der Waals surface area contributed by atoms with Crippen molar-refractivity contribution in [2.75, 3.05) is 18.0 Å². The van der Waals surface area contributed by atoms with Crippen molar-refractivity contribution in [3.8, 4) is 0 Å². The van der Waals surface area contributed by atoms with Crippen molar-refractivity contribution < 1.29 is 0 Å². The van der Waals surface area contributed by atoms with E-state index < -0.39 is 0 Å². The number of aryl methyl sites for hydroxylation is 1. The number of nitrogens with zero attached hydrogens (tertiary/aromatic N) is 2. The zero-order valence-corrected chi connectivity index (χ0v) is 7.25. The van der Waals surface area contributed by atoms with Crippen molar-refractivity contribution in [1.82, 2.24) is 9.97 Å². The van der Waals surface area contributed by atoms with Gasteiger partial charge in [0, 0.05) is 31.0 Å². The summed E-state index contributed by atoms with van der Waals surface area (Å²) in [6, 6.07) is 0.315. The van der Waals surface area contributed by atoms with Gasteiger partial charge in [-0.3, -0.25) is 0 Å². The number of nitrogens with one attached hydrogen (secondary N) is 1. The van der Waals surface area contributed by atoms with Gasteiger partial charge in [-0.25, -0.2) is 4.98 Å². The van der Waals surface area contributed by atoms with Crippen LogP contribution in [0.25, 0.3) is 0 Å². The van der Waals surface area contributed by atoms with E-state index in [1.54, 1.807) is 0 Å². The smallest absolute Gasteiger partial charge is 0.203 e. The molecule has 4 nitrogen and oxygen atoms in total. The summed E-state index contributed by atoms with van der Waals surface area (Å²) >= 11 is 0. The van der Waals surface area contributed by atoms with Gasteiger partial charge in [0.2, 0.25) is 5.95 Å². The molecule has 0 amide bonds. The van der Waals surface area contributed by atoms with Gasteiger partial charge in [0.15, 0.2) is 0 Å². The highest BCUT2D eigenvalue weighted by molar-refractivity contribution is 5.33. The van der Waals surface area contributed by atoms with E-state index in [-0.39, 0.29) is 0 Å². The van der Waals surface area contributed by atoms with Crippen LogP contribution in [0.4, 0.5) is 5.95 Å². The molecule has 1 aliphatic rings. The van der Waals surface area contributed by atoms with Crippen LogP contribution >= 0.6 is 0 Å². The minimum Gasteiger partial charge on any atom is -0.341 e. The second kappa shape index (κ2) is 2.79. The summed E-state index contributed by atoms with van der Waals surface area (Å²) in [5.74, 6) is 0.959. The van der Waals surface area contributed by atoms with Crippen LogP contribution in [0, 0.1) is 6.92 Å². The third kappa shape index (κ3) is 1.30. The maximum absolute atomic E-state index is 5.79. The van der Waals surface area contributed by atoms with Gasteiger partial charge in [-0.2, -0.15) is 0 Å². The van der Waals surface area contributed by atoms with Gasteiger partial charge in [0.1, 0.15) is 0 Å². The van der Waals surface area contributed by atoms with Crippen LogP contribution < -0.4 is 10.6 Å². The predicted molar refractivity (Wildman–Crippen MR) is 48.1 cm³/mol. The van der Waals surface area contributed by atoms with E-state index in [0.29, 0.717) is 6.04 Å². The summed E-state index contributed by atoms with van der Waals surface area (Å²) in [6.07, 6.45) is 2.92. The van der Waals surface area contributed by atoms with Crippen LogP contribution in [0.3, 0.4) is 0 Å². The lowest BCUT2D eigenvalue weighted by atomic mass is 10.3. The number of hydrogen-bond donors (Lipinski definition) is 2. The highest BCUT2D eigenvalue weighted by Gasteiger charge is 2.20. The molecule has 12 heavy (non-hydrogen) atoms. The fraction of sp³-hybridized carbons (Fsp3) is 0.625. The summed E-state index contributed by atoms with van der Waals surface area (Å²) in [6.45, 7) is 3.95. The molecule has 1 aromatic rings. The normalized spacial score (nSPS) is 23.5. The Labute approximate surface area is 71.8 Å². The second-order valence-electron chi connectivity index (χ2n) is 3.38. The molecule has 0 aromatic carbocycles. The molecule has 0 aliphatic carbocycles. The Balaban J connectivity index is 2.11. The predicted octanol–water partition coefficient (Wildman–Crippen LogP) is 0.256. The van der Waals surface area contributed by atoms with Crippen LogP contribution in [0.15, 0.2) is 6.20 Å². The number of hydrogen-bond acceptors (Lipinski definition) is 3. The molecule has 1 aromatic heterocycles. The summed E-state index contributed by atoms with van der Waals surface area (Å²) in [5, 5.41) is 0. The molecule has 1 atom stereocenters. The maximum atomic E-state index is 5.79. The average Bonchev–Trinajstić information content (AvgIpc) is 2.58. The lowest BCUT2D eigenvalue weighted by Gasteiger charge is -2.13. The number of aromatic nitrogens is 2. The van der Waals surface area contributed by atoms with Crippen molar-refractivity contribution in [1.29, 1.82) is 0 Å². The van der Waals surface area contributed by atoms with Crippen molar-refractivity contribution in [2.45, 2.75) is 19.4 Å². The van der Waals surface area contributed by atoms with Crippen LogP contribution in [-0.4, -0.2) is 29.1 Å². The third-order valence-electron chi connectivity index (χ3n) is 2.21. The molecule has 1 aliphatic heterocycles. The number of H-pyrrole nitrogens is 1. The number of aromatic amines is 1. The SMILES string of the molecule is Cc1cnc(N2CC[C@H](N)C2)[nH]1. The topological polar surface area (TPSA) is 57.9 Å². The molecule has 2 heterocycles. The molecule has 0 bridgehead atoms. The molecule has 1 saturated heterocycles. The van der Waals surface area contributed by atoms with E-state index in [4.69, 9.17) is 5.73 Å². The van der Waals surface area contributed by atoms with Gasteiger partial charge < -0.3 is 15.6 Å². The molecular formula is C8H14N4. The van der Waals surface area contributed by atoms with Crippen LogP contribution in [0.1, 0.15) is 12.1 Å². The summed E-state index contributed by atoms with van der Waals surface area (Å²) in [4.78, 5) is 9.64. The van der Waals surface area contributed by atoms with Crippen molar-refractivity contribution in [3.63, 3.8) is 0 Å². The van der Waals surface area contributed by atoms with E-state index in [9.17, 15) is 0 Å². The first-order valence-electron chi connectivity index (χ1n) is 4.28. The van der Waals surface area contributed by atoms with Gasteiger partial charge in [0.05, 0.1) is 0 Å². The Hall–Kier alpha value is -1.03. The molecule has 1 fully saturated rings. The first-order chi connectivity index (χ1) is 5.75. The second-order valence-corrected chi connectivity index (χ2v) is 3.38. The Kier molecular flexibility index (Phi) is 1.77. The first kappa shape index (κ1) is 7.61. The lowest BCUT2D eigenvalue weighted by molar-refractivity contribution is 0.750. The van der Waals surface area contributed by atoms with Crippen LogP contribution in [-0.2, 0) is 0 Å². The van der Waals surface area contributed by atoms with Gasteiger partial charge in [-0.15, -0.1) is 0 Å². The van der Waals surface area contributed by atoms with E-state index >= 15 is 0 Å². The van der Waals surface area contributed by atoms with Gasteiger partial charge in [-0.1, -0.05) is 0 Å². The number of anilines is 1. The Morgan fingerprint density at radius 3 is 3.08 bits per heavy atom. The number of rotatable bonds is 1. The molecule has 2 rings (SSSR count). The zero-order valence-electron chi connectivity index (χ0n) is 7.25. The van der Waals surface area contributed by atoms with E-state index in [1.165, 1.54) is 0 Å². The molecule has 0 radical (unpaired) electrons. The molecule has 0 unspecified atom stereocenters. The number of imidazole rings is 1. The molecular weight excluding hydrogens is 152 g/mol. The fourth-order valence-corrected chi connectivity index (χ4v) is 1.54. The van der Waals surface area contributed by atoms with Crippen LogP contribution in [0.2, 0.25) is 0 Å². The third-order valence-corrected chi connectivity index (χ3v) is 2.21. The molecule has 4 heteroatoms. The summed E-state index contributed by atoms with van der Waals surface area (Å²) in [7, 11) is 0. The molecule has 0 saturated carbocycles. The monoisotopic (exact) mass is 166 g/mol. The van der Waals surface area contributed by atoms with Crippen LogP contribution in [0.5, 0.6) is 0 Å². The standard InChI is InChI=1S/C8H14N4/c1-6-4-10-8(11-6)12-3-2-7(9)5-12/h4,7H,2-3,5,9H2,1H3,(H,10,11)/t7-/m0/s1. The quantitative estimate of drug-likeness (QED) is 0.629. The maximum Gasteiger partial charge on any atom is 0.203 e.